The van der Waals surface area contributed by atoms with Gasteiger partial charge in [0.25, 0.3) is 0 Å². The number of aliphatic hydroxyl groups is 1. The van der Waals surface area contributed by atoms with E-state index in [0.717, 1.165) is 68.4 Å². The van der Waals surface area contributed by atoms with Crippen molar-refractivity contribution in [2.45, 2.75) is 88.6 Å². The molecule has 4 atom stereocenters. The summed E-state index contributed by atoms with van der Waals surface area (Å²) in [5.74, 6) is 0.834. The summed E-state index contributed by atoms with van der Waals surface area (Å²) in [5.41, 5.74) is 1.19. The fourth-order valence-electron chi connectivity index (χ4n) is 4.38. The van der Waals surface area contributed by atoms with Crippen LogP contribution in [0.3, 0.4) is 0 Å². The Bertz CT molecular complexity index is 753. The Morgan fingerprint density at radius 2 is 1.66 bits per heavy atom. The van der Waals surface area contributed by atoms with Crippen molar-refractivity contribution in [1.29, 1.82) is 0 Å². The predicted molar refractivity (Wildman–Crippen MR) is 132 cm³/mol. The minimum absolute atomic E-state index is 0.216. The van der Waals surface area contributed by atoms with E-state index in [1.54, 1.807) is 0 Å². The molecule has 1 saturated carbocycles. The third-order valence-corrected chi connectivity index (χ3v) is 7.82. The highest BCUT2D eigenvalue weighted by Gasteiger charge is 2.32. The van der Waals surface area contributed by atoms with Gasteiger partial charge in [-0.2, -0.15) is 0 Å². The third-order valence-electron chi connectivity index (χ3n) is 6.36. The number of benzene rings is 1. The van der Waals surface area contributed by atoms with Gasteiger partial charge in [-0.25, -0.2) is 0 Å². The van der Waals surface area contributed by atoms with Gasteiger partial charge in [0.05, 0.1) is 16.9 Å². The standard InChI is InChI=1S/C27H40O4S/c1-22-15-18-24(19-16-22)32(31)21-11-7-3-2-4-8-12-23-17-20-26(28)25(23)13-9-5-6-10-14-27(29)30/h4-5,8-9,15-16,18-19,23,25-26,28H,2-3,6-7,10-14,17,20-21H2,1H3,(H,29,30)/b8-4+,9-5-/t23-,25+,26-,32?/m0/s1. The number of hydrogen-bond acceptors (Lipinski definition) is 3. The molecule has 0 bridgehead atoms. The van der Waals surface area contributed by atoms with Crippen LogP contribution < -0.4 is 0 Å². The highest BCUT2D eigenvalue weighted by atomic mass is 32.2. The van der Waals surface area contributed by atoms with Crippen LogP contribution in [0.5, 0.6) is 0 Å². The molecule has 0 amide bonds. The van der Waals surface area contributed by atoms with E-state index in [-0.39, 0.29) is 12.5 Å². The highest BCUT2D eigenvalue weighted by molar-refractivity contribution is 7.85. The molecule has 0 spiro atoms. The molecule has 2 rings (SSSR count). The first-order valence-corrected chi connectivity index (χ1v) is 13.4. The third kappa shape index (κ3) is 10.3. The molecule has 1 aliphatic carbocycles. The second-order valence-electron chi connectivity index (χ2n) is 8.98. The quantitative estimate of drug-likeness (QED) is 0.241. The first kappa shape index (κ1) is 26.5. The maximum Gasteiger partial charge on any atom is 0.303 e. The lowest BCUT2D eigenvalue weighted by Gasteiger charge is -2.19. The SMILES string of the molecule is Cc1ccc(S(=O)CCCCC/C=C/C[C@H]2CC[C@H](O)[C@@H]2C/C=C\CCCC(=O)O)cc1. The number of hydrogen-bond donors (Lipinski definition) is 2. The van der Waals surface area contributed by atoms with Crippen LogP contribution in [0, 0.1) is 18.8 Å². The van der Waals surface area contributed by atoms with E-state index < -0.39 is 16.8 Å². The fourth-order valence-corrected chi connectivity index (χ4v) is 5.52. The molecule has 0 radical (unpaired) electrons. The van der Waals surface area contributed by atoms with Crippen LogP contribution in [0.1, 0.15) is 76.2 Å². The molecule has 32 heavy (non-hydrogen) atoms. The zero-order valence-corrected chi connectivity index (χ0v) is 20.3. The smallest absolute Gasteiger partial charge is 0.303 e. The zero-order chi connectivity index (χ0) is 23.2. The van der Waals surface area contributed by atoms with E-state index in [1.807, 2.05) is 31.2 Å². The van der Waals surface area contributed by atoms with Crippen molar-refractivity contribution in [2.24, 2.45) is 11.8 Å². The number of aliphatic carboxylic acids is 1. The Balaban J connectivity index is 1.57. The van der Waals surface area contributed by atoms with Gasteiger partial charge in [0.1, 0.15) is 0 Å². The number of aryl methyl sites for hydroxylation is 1. The average Bonchev–Trinajstić information content (AvgIpc) is 3.12. The summed E-state index contributed by atoms with van der Waals surface area (Å²) < 4.78 is 12.3. The molecule has 1 aliphatic rings. The van der Waals surface area contributed by atoms with Gasteiger partial charge in [-0.15, -0.1) is 0 Å². The van der Waals surface area contributed by atoms with E-state index in [1.165, 1.54) is 5.56 Å². The summed E-state index contributed by atoms with van der Waals surface area (Å²) in [6, 6.07) is 7.97. The van der Waals surface area contributed by atoms with Crippen LogP contribution >= 0.6 is 0 Å². The predicted octanol–water partition coefficient (Wildman–Crippen LogP) is 6.20. The molecule has 2 N–H and O–H groups in total. The molecule has 0 aliphatic heterocycles. The molecule has 178 valence electrons. The molecule has 1 unspecified atom stereocenters. The summed E-state index contributed by atoms with van der Waals surface area (Å²) in [5, 5.41) is 19.0. The van der Waals surface area contributed by atoms with Crippen molar-refractivity contribution in [2.75, 3.05) is 5.75 Å². The number of carbonyl (C=O) groups is 1. The van der Waals surface area contributed by atoms with Crippen LogP contribution in [0.25, 0.3) is 0 Å². The van der Waals surface area contributed by atoms with E-state index in [9.17, 15) is 14.1 Å². The lowest BCUT2D eigenvalue weighted by Crippen LogP contribution is -2.18. The van der Waals surface area contributed by atoms with Crippen molar-refractivity contribution in [3.05, 3.63) is 54.1 Å². The second kappa shape index (κ2) is 15.2. The molecule has 1 fully saturated rings. The maximum atomic E-state index is 12.3. The van der Waals surface area contributed by atoms with Crippen LogP contribution in [0.15, 0.2) is 53.5 Å². The Labute approximate surface area is 196 Å². The number of unbranched alkanes of at least 4 members (excludes halogenated alkanes) is 4. The Morgan fingerprint density at radius 1 is 0.969 bits per heavy atom. The van der Waals surface area contributed by atoms with Crippen molar-refractivity contribution >= 4 is 16.8 Å². The van der Waals surface area contributed by atoms with Crippen LogP contribution in [-0.4, -0.2) is 32.2 Å². The minimum atomic E-state index is -0.890. The van der Waals surface area contributed by atoms with Gasteiger partial charge in [0, 0.05) is 17.1 Å². The average molecular weight is 461 g/mol. The van der Waals surface area contributed by atoms with Gasteiger partial charge >= 0.3 is 5.97 Å². The van der Waals surface area contributed by atoms with Crippen LogP contribution in [0.4, 0.5) is 0 Å². The topological polar surface area (TPSA) is 74.6 Å². The normalized spacial score (nSPS) is 22.1. The van der Waals surface area contributed by atoms with Crippen molar-refractivity contribution < 1.29 is 19.2 Å². The van der Waals surface area contributed by atoms with Gasteiger partial charge in [-0.3, -0.25) is 9.00 Å². The lowest BCUT2D eigenvalue weighted by atomic mass is 9.88. The molecule has 0 aromatic heterocycles. The maximum absolute atomic E-state index is 12.3. The van der Waals surface area contributed by atoms with Gasteiger partial charge in [0.2, 0.25) is 0 Å². The summed E-state index contributed by atoms with van der Waals surface area (Å²) in [7, 11) is -0.890. The first-order valence-electron chi connectivity index (χ1n) is 12.1. The largest absolute Gasteiger partial charge is 0.481 e. The van der Waals surface area contributed by atoms with Crippen molar-refractivity contribution in [3.63, 3.8) is 0 Å². The summed E-state index contributed by atoms with van der Waals surface area (Å²) in [6.45, 7) is 2.04. The number of aliphatic hydroxyl groups excluding tert-OH is 1. The molecule has 1 aromatic carbocycles. The number of rotatable bonds is 15. The molecular weight excluding hydrogens is 420 g/mol. The molecule has 1 aromatic rings. The van der Waals surface area contributed by atoms with Crippen LogP contribution in [-0.2, 0) is 15.6 Å². The summed E-state index contributed by atoms with van der Waals surface area (Å²) >= 11 is 0. The van der Waals surface area contributed by atoms with Gasteiger partial charge in [-0.1, -0.05) is 48.4 Å². The molecule has 5 heteroatoms. The van der Waals surface area contributed by atoms with E-state index >= 15 is 0 Å². The summed E-state index contributed by atoms with van der Waals surface area (Å²) in [4.78, 5) is 11.5. The Morgan fingerprint density at radius 3 is 2.38 bits per heavy atom. The van der Waals surface area contributed by atoms with Crippen LogP contribution in [0.2, 0.25) is 0 Å². The number of allylic oxidation sites excluding steroid dienone is 4. The molecule has 4 nitrogen and oxygen atoms in total. The second-order valence-corrected chi connectivity index (χ2v) is 10.6. The Kier molecular flexibility index (Phi) is 12.6. The molecule has 0 heterocycles. The lowest BCUT2D eigenvalue weighted by molar-refractivity contribution is -0.137. The fraction of sp³-hybridized carbons (Fsp3) is 0.593. The van der Waals surface area contributed by atoms with E-state index in [2.05, 4.69) is 24.3 Å². The van der Waals surface area contributed by atoms with E-state index in [0.29, 0.717) is 18.3 Å². The first-order chi connectivity index (χ1) is 15.5. The molecule has 0 saturated heterocycles. The monoisotopic (exact) mass is 460 g/mol. The van der Waals surface area contributed by atoms with E-state index in [4.69, 9.17) is 5.11 Å². The van der Waals surface area contributed by atoms with Gasteiger partial charge in [-0.05, 0) is 88.7 Å². The number of carboxylic acids is 1. The summed E-state index contributed by atoms with van der Waals surface area (Å²) in [6.07, 6.45) is 18.3. The van der Waals surface area contributed by atoms with Crippen molar-refractivity contribution in [3.8, 4) is 0 Å². The van der Waals surface area contributed by atoms with Crippen molar-refractivity contribution in [1.82, 2.24) is 0 Å². The molecular formula is C27H40O4S. The highest BCUT2D eigenvalue weighted by Crippen LogP contribution is 2.37. The minimum Gasteiger partial charge on any atom is -0.481 e. The van der Waals surface area contributed by atoms with Gasteiger partial charge in [0.15, 0.2) is 0 Å². The number of carboxylic acid groups (broad SMARTS) is 1. The Hall–Kier alpha value is -1.72. The van der Waals surface area contributed by atoms with Gasteiger partial charge < -0.3 is 10.2 Å². The zero-order valence-electron chi connectivity index (χ0n) is 19.5.